The first-order valence-electron chi connectivity index (χ1n) is 6.75. The van der Waals surface area contributed by atoms with E-state index < -0.39 is 10.0 Å². The zero-order chi connectivity index (χ0) is 14.8. The van der Waals surface area contributed by atoms with Gasteiger partial charge in [-0.05, 0) is 42.4 Å². The molecule has 0 amide bonds. The quantitative estimate of drug-likeness (QED) is 0.754. The Morgan fingerprint density at radius 2 is 2.00 bits per heavy atom. The van der Waals surface area contributed by atoms with Crippen LogP contribution in [0.3, 0.4) is 0 Å². The lowest BCUT2D eigenvalue weighted by atomic mass is 10.1. The molecule has 1 aromatic carbocycles. The van der Waals surface area contributed by atoms with Crippen molar-refractivity contribution < 1.29 is 8.42 Å². The molecule has 0 bridgehead atoms. The Kier molecular flexibility index (Phi) is 4.78. The Bertz CT molecular complexity index is 578. The van der Waals surface area contributed by atoms with Crippen molar-refractivity contribution in [3.63, 3.8) is 0 Å². The minimum atomic E-state index is -3.42. The molecule has 1 unspecified atom stereocenters. The number of rotatable bonds is 7. The molecule has 1 saturated carbocycles. The minimum absolute atomic E-state index is 0.284. The van der Waals surface area contributed by atoms with Crippen LogP contribution < -0.4 is 10.5 Å². The molecule has 0 radical (unpaired) electrons. The molecule has 1 aromatic rings. The molecular formula is C14H20N2O2S2. The van der Waals surface area contributed by atoms with E-state index in [2.05, 4.69) is 11.6 Å². The lowest BCUT2D eigenvalue weighted by Gasteiger charge is -2.12. The summed E-state index contributed by atoms with van der Waals surface area (Å²) < 4.78 is 27.0. The third kappa shape index (κ3) is 4.26. The summed E-state index contributed by atoms with van der Waals surface area (Å²) >= 11 is 4.83. The topological polar surface area (TPSA) is 72.2 Å². The van der Waals surface area contributed by atoms with Crippen LogP contribution in [0.1, 0.15) is 25.3 Å². The molecule has 1 atom stereocenters. The molecule has 2 rings (SSSR count). The Balaban J connectivity index is 1.99. The standard InChI is InChI=1S/C14H20N2O2S2/c1-10(12-4-5-12)9-16-20(17,18)13-6-2-11(3-7-13)8-14(15)19/h2-3,6-7,10,12,16H,4-5,8-9H2,1H3,(H2,15,19). The molecule has 0 spiro atoms. The van der Waals surface area contributed by atoms with E-state index >= 15 is 0 Å². The van der Waals surface area contributed by atoms with Gasteiger partial charge >= 0.3 is 0 Å². The summed E-state index contributed by atoms with van der Waals surface area (Å²) in [5.74, 6) is 1.09. The number of nitrogens with one attached hydrogen (secondary N) is 1. The number of hydrogen-bond donors (Lipinski definition) is 2. The normalized spacial score (nSPS) is 16.9. The fourth-order valence-electron chi connectivity index (χ4n) is 2.14. The van der Waals surface area contributed by atoms with Crippen LogP contribution in [0.5, 0.6) is 0 Å². The van der Waals surface area contributed by atoms with E-state index in [0.29, 0.717) is 29.8 Å². The second-order valence-corrected chi connectivity index (χ2v) is 7.74. The van der Waals surface area contributed by atoms with Crippen molar-refractivity contribution in [2.75, 3.05) is 6.54 Å². The largest absolute Gasteiger partial charge is 0.393 e. The second-order valence-electron chi connectivity index (χ2n) is 5.45. The van der Waals surface area contributed by atoms with Gasteiger partial charge in [0.25, 0.3) is 0 Å². The fraction of sp³-hybridized carbons (Fsp3) is 0.500. The number of hydrogen-bond acceptors (Lipinski definition) is 3. The number of benzene rings is 1. The molecule has 3 N–H and O–H groups in total. The Hall–Kier alpha value is -0.980. The van der Waals surface area contributed by atoms with Gasteiger partial charge in [-0.1, -0.05) is 31.3 Å². The van der Waals surface area contributed by atoms with Crippen LogP contribution >= 0.6 is 12.2 Å². The van der Waals surface area contributed by atoms with Crippen LogP contribution in [-0.2, 0) is 16.4 Å². The molecule has 1 aliphatic rings. The number of thiocarbonyl (C=S) groups is 1. The first-order chi connectivity index (χ1) is 9.38. The summed E-state index contributed by atoms with van der Waals surface area (Å²) in [4.78, 5) is 0.684. The van der Waals surface area contributed by atoms with E-state index in [-0.39, 0.29) is 4.90 Å². The van der Waals surface area contributed by atoms with Crippen molar-refractivity contribution in [1.82, 2.24) is 4.72 Å². The van der Waals surface area contributed by atoms with Gasteiger partial charge in [0.1, 0.15) is 0 Å². The van der Waals surface area contributed by atoms with Crippen molar-refractivity contribution in [2.45, 2.75) is 31.1 Å². The summed E-state index contributed by atoms with van der Waals surface area (Å²) in [7, 11) is -3.42. The van der Waals surface area contributed by atoms with Gasteiger partial charge in [-0.2, -0.15) is 0 Å². The summed E-state index contributed by atoms with van der Waals surface area (Å²) in [5.41, 5.74) is 6.38. The predicted octanol–water partition coefficient (Wildman–Crippen LogP) is 1.84. The summed E-state index contributed by atoms with van der Waals surface area (Å²) in [6, 6.07) is 6.69. The molecule has 20 heavy (non-hydrogen) atoms. The summed E-state index contributed by atoms with van der Waals surface area (Å²) in [6.07, 6.45) is 2.93. The maximum Gasteiger partial charge on any atom is 0.240 e. The molecule has 1 fully saturated rings. The van der Waals surface area contributed by atoms with Gasteiger partial charge < -0.3 is 5.73 Å². The van der Waals surface area contributed by atoms with Crippen molar-refractivity contribution in [1.29, 1.82) is 0 Å². The van der Waals surface area contributed by atoms with Crippen LogP contribution in [0.4, 0.5) is 0 Å². The van der Waals surface area contributed by atoms with Crippen LogP contribution in [0.25, 0.3) is 0 Å². The Labute approximate surface area is 125 Å². The van der Waals surface area contributed by atoms with Gasteiger partial charge in [0.05, 0.1) is 9.88 Å². The zero-order valence-electron chi connectivity index (χ0n) is 11.5. The highest BCUT2D eigenvalue weighted by atomic mass is 32.2. The van der Waals surface area contributed by atoms with Crippen molar-refractivity contribution >= 4 is 27.2 Å². The third-order valence-electron chi connectivity index (χ3n) is 3.63. The molecule has 0 saturated heterocycles. The van der Waals surface area contributed by atoms with Crippen LogP contribution in [-0.4, -0.2) is 20.0 Å². The van der Waals surface area contributed by atoms with Crippen LogP contribution in [0.15, 0.2) is 29.2 Å². The number of nitrogens with two attached hydrogens (primary N) is 1. The van der Waals surface area contributed by atoms with Gasteiger partial charge in [0.2, 0.25) is 10.0 Å². The third-order valence-corrected chi connectivity index (χ3v) is 5.22. The van der Waals surface area contributed by atoms with Crippen LogP contribution in [0, 0.1) is 11.8 Å². The van der Waals surface area contributed by atoms with Crippen molar-refractivity contribution in [2.24, 2.45) is 17.6 Å². The lowest BCUT2D eigenvalue weighted by Crippen LogP contribution is -2.29. The predicted molar refractivity (Wildman–Crippen MR) is 84.0 cm³/mol. The van der Waals surface area contributed by atoms with Crippen LogP contribution in [0.2, 0.25) is 0 Å². The maximum atomic E-state index is 12.2. The molecule has 4 nitrogen and oxygen atoms in total. The molecular weight excluding hydrogens is 292 g/mol. The van der Waals surface area contributed by atoms with Crippen molar-refractivity contribution in [3.8, 4) is 0 Å². The highest BCUT2D eigenvalue weighted by molar-refractivity contribution is 7.89. The van der Waals surface area contributed by atoms with E-state index in [9.17, 15) is 8.42 Å². The second kappa shape index (κ2) is 6.20. The molecule has 0 aliphatic heterocycles. The zero-order valence-corrected chi connectivity index (χ0v) is 13.1. The highest BCUT2D eigenvalue weighted by Crippen LogP contribution is 2.36. The Morgan fingerprint density at radius 3 is 2.50 bits per heavy atom. The van der Waals surface area contributed by atoms with Gasteiger partial charge in [-0.15, -0.1) is 0 Å². The average Bonchev–Trinajstić information content (AvgIpc) is 3.20. The first kappa shape index (κ1) is 15.4. The van der Waals surface area contributed by atoms with Crippen molar-refractivity contribution in [3.05, 3.63) is 29.8 Å². The molecule has 6 heteroatoms. The van der Waals surface area contributed by atoms with Gasteiger partial charge in [-0.25, -0.2) is 13.1 Å². The molecule has 0 heterocycles. The van der Waals surface area contributed by atoms with Gasteiger partial charge in [-0.3, -0.25) is 0 Å². The minimum Gasteiger partial charge on any atom is -0.393 e. The Morgan fingerprint density at radius 1 is 1.40 bits per heavy atom. The van der Waals surface area contributed by atoms with E-state index in [0.717, 1.165) is 5.56 Å². The summed E-state index contributed by atoms with van der Waals surface area (Å²) in [6.45, 7) is 2.59. The monoisotopic (exact) mass is 312 g/mol. The average molecular weight is 312 g/mol. The molecule has 1 aliphatic carbocycles. The highest BCUT2D eigenvalue weighted by Gasteiger charge is 2.28. The molecule has 110 valence electrons. The number of sulfonamides is 1. The van der Waals surface area contributed by atoms with Gasteiger partial charge in [0, 0.05) is 13.0 Å². The first-order valence-corrected chi connectivity index (χ1v) is 8.64. The SMILES string of the molecule is CC(CNS(=O)(=O)c1ccc(CC(N)=S)cc1)C1CC1. The van der Waals surface area contributed by atoms with E-state index in [4.69, 9.17) is 18.0 Å². The van der Waals surface area contributed by atoms with E-state index in [1.54, 1.807) is 24.3 Å². The maximum absolute atomic E-state index is 12.2. The van der Waals surface area contributed by atoms with E-state index in [1.165, 1.54) is 12.8 Å². The smallest absolute Gasteiger partial charge is 0.240 e. The fourth-order valence-corrected chi connectivity index (χ4v) is 3.45. The summed E-state index contributed by atoms with van der Waals surface area (Å²) in [5, 5.41) is 0. The van der Waals surface area contributed by atoms with E-state index in [1.807, 2.05) is 0 Å². The molecule has 0 aromatic heterocycles. The van der Waals surface area contributed by atoms with Gasteiger partial charge in [0.15, 0.2) is 0 Å². The lowest BCUT2D eigenvalue weighted by molar-refractivity contribution is 0.492.